The normalized spacial score (nSPS) is 16.4. The highest BCUT2D eigenvalue weighted by atomic mass is 35.5. The van der Waals surface area contributed by atoms with Gasteiger partial charge in [0.25, 0.3) is 0 Å². The van der Waals surface area contributed by atoms with Gasteiger partial charge in [0, 0.05) is 25.5 Å². The summed E-state index contributed by atoms with van der Waals surface area (Å²) in [5, 5.41) is 0.382. The number of hydrogen-bond donors (Lipinski definition) is 0. The van der Waals surface area contributed by atoms with Crippen LogP contribution in [-0.2, 0) is 16.1 Å². The molecule has 1 aromatic heterocycles. The highest BCUT2D eigenvalue weighted by Gasteiger charge is 2.26. The van der Waals surface area contributed by atoms with Gasteiger partial charge in [-0.05, 0) is 39.5 Å². The largest absolute Gasteiger partial charge is 0.444 e. The number of nitrogens with zero attached hydrogens (tertiary/aromatic N) is 3. The maximum atomic E-state index is 12.0. The summed E-state index contributed by atoms with van der Waals surface area (Å²) < 4.78 is 11.1. The number of halogens is 1. The SMILES string of the molecule is CC(C)(C)OC(=O)N1CCC(COCc2nccnc2Cl)CC1. The molecule has 0 saturated carbocycles. The van der Waals surface area contributed by atoms with Crippen molar-refractivity contribution in [1.82, 2.24) is 14.9 Å². The Balaban J connectivity index is 1.69. The Kier molecular flexibility index (Phi) is 6.18. The maximum Gasteiger partial charge on any atom is 0.410 e. The number of hydrogen-bond acceptors (Lipinski definition) is 5. The van der Waals surface area contributed by atoms with Crippen LogP contribution >= 0.6 is 11.6 Å². The number of piperidine rings is 1. The van der Waals surface area contributed by atoms with Gasteiger partial charge in [0.1, 0.15) is 11.3 Å². The molecule has 2 heterocycles. The molecule has 1 saturated heterocycles. The second kappa shape index (κ2) is 7.93. The van der Waals surface area contributed by atoms with Gasteiger partial charge in [0.2, 0.25) is 0 Å². The van der Waals surface area contributed by atoms with Crippen LogP contribution in [0.1, 0.15) is 39.3 Å². The molecular formula is C16H24ClN3O3. The van der Waals surface area contributed by atoms with Crippen LogP contribution in [-0.4, -0.2) is 46.3 Å². The van der Waals surface area contributed by atoms with Crippen molar-refractivity contribution < 1.29 is 14.3 Å². The molecule has 7 heteroatoms. The van der Waals surface area contributed by atoms with Crippen molar-refractivity contribution in [3.8, 4) is 0 Å². The van der Waals surface area contributed by atoms with Crippen LogP contribution in [0, 0.1) is 5.92 Å². The van der Waals surface area contributed by atoms with Gasteiger partial charge in [-0.3, -0.25) is 4.98 Å². The molecule has 0 radical (unpaired) electrons. The lowest BCUT2D eigenvalue weighted by Gasteiger charge is -2.33. The number of amides is 1. The van der Waals surface area contributed by atoms with Crippen LogP contribution in [0.2, 0.25) is 5.15 Å². The van der Waals surface area contributed by atoms with Crippen LogP contribution in [0.15, 0.2) is 12.4 Å². The van der Waals surface area contributed by atoms with E-state index in [1.807, 2.05) is 20.8 Å². The lowest BCUT2D eigenvalue weighted by Crippen LogP contribution is -2.42. The average molecular weight is 342 g/mol. The van der Waals surface area contributed by atoms with Crippen molar-refractivity contribution in [2.75, 3.05) is 19.7 Å². The van der Waals surface area contributed by atoms with E-state index < -0.39 is 5.60 Å². The Bertz CT molecular complexity index is 526. The van der Waals surface area contributed by atoms with E-state index in [0.717, 1.165) is 12.8 Å². The van der Waals surface area contributed by atoms with E-state index in [1.165, 1.54) is 0 Å². The molecule has 0 bridgehead atoms. The highest BCUT2D eigenvalue weighted by Crippen LogP contribution is 2.20. The number of aromatic nitrogens is 2. The van der Waals surface area contributed by atoms with Crippen LogP contribution in [0.3, 0.4) is 0 Å². The topological polar surface area (TPSA) is 64.5 Å². The Morgan fingerprint density at radius 1 is 1.30 bits per heavy atom. The number of likely N-dealkylation sites (tertiary alicyclic amines) is 1. The fourth-order valence-electron chi connectivity index (χ4n) is 2.38. The van der Waals surface area contributed by atoms with E-state index in [9.17, 15) is 4.79 Å². The zero-order valence-electron chi connectivity index (χ0n) is 13.9. The van der Waals surface area contributed by atoms with Gasteiger partial charge in [0.05, 0.1) is 13.2 Å². The molecule has 2 rings (SSSR count). The van der Waals surface area contributed by atoms with Gasteiger partial charge >= 0.3 is 6.09 Å². The Hall–Kier alpha value is -1.40. The first kappa shape index (κ1) is 17.9. The molecule has 0 atom stereocenters. The van der Waals surface area contributed by atoms with Crippen molar-refractivity contribution in [3.63, 3.8) is 0 Å². The predicted molar refractivity (Wildman–Crippen MR) is 87.2 cm³/mol. The van der Waals surface area contributed by atoms with Gasteiger partial charge in [0.15, 0.2) is 5.15 Å². The summed E-state index contributed by atoms with van der Waals surface area (Å²) in [5.41, 5.74) is 0.202. The second-order valence-electron chi connectivity index (χ2n) is 6.72. The van der Waals surface area contributed by atoms with Gasteiger partial charge in [-0.25, -0.2) is 9.78 Å². The van der Waals surface area contributed by atoms with Gasteiger partial charge in [-0.1, -0.05) is 11.6 Å². The van der Waals surface area contributed by atoms with Gasteiger partial charge < -0.3 is 14.4 Å². The predicted octanol–water partition coefficient (Wildman–Crippen LogP) is 3.29. The molecule has 6 nitrogen and oxygen atoms in total. The fourth-order valence-corrected chi connectivity index (χ4v) is 2.54. The summed E-state index contributed by atoms with van der Waals surface area (Å²) >= 11 is 5.94. The molecule has 0 unspecified atom stereocenters. The summed E-state index contributed by atoms with van der Waals surface area (Å²) in [7, 11) is 0. The van der Waals surface area contributed by atoms with Crippen molar-refractivity contribution in [2.24, 2.45) is 5.92 Å². The first-order valence-corrected chi connectivity index (χ1v) is 8.24. The van der Waals surface area contributed by atoms with Gasteiger partial charge in [-0.15, -0.1) is 0 Å². The van der Waals surface area contributed by atoms with Crippen LogP contribution in [0.5, 0.6) is 0 Å². The standard InChI is InChI=1S/C16H24ClN3O3/c1-16(2,3)23-15(21)20-8-4-12(5-9-20)10-22-11-13-14(17)19-7-6-18-13/h6-7,12H,4-5,8-11H2,1-3H3. The van der Waals surface area contributed by atoms with Crippen LogP contribution < -0.4 is 0 Å². The van der Waals surface area contributed by atoms with E-state index in [2.05, 4.69) is 9.97 Å². The van der Waals surface area contributed by atoms with Crippen molar-refractivity contribution in [2.45, 2.75) is 45.8 Å². The van der Waals surface area contributed by atoms with Crippen molar-refractivity contribution in [3.05, 3.63) is 23.2 Å². The first-order valence-electron chi connectivity index (χ1n) is 7.86. The van der Waals surface area contributed by atoms with E-state index >= 15 is 0 Å². The monoisotopic (exact) mass is 341 g/mol. The van der Waals surface area contributed by atoms with Crippen LogP contribution in [0.4, 0.5) is 4.79 Å². The Morgan fingerprint density at radius 2 is 1.96 bits per heavy atom. The minimum atomic E-state index is -0.451. The number of rotatable bonds is 4. The molecule has 1 fully saturated rings. The summed E-state index contributed by atoms with van der Waals surface area (Å²) in [4.78, 5) is 21.9. The van der Waals surface area contributed by atoms with E-state index in [1.54, 1.807) is 17.3 Å². The highest BCUT2D eigenvalue weighted by molar-refractivity contribution is 6.29. The fraction of sp³-hybridized carbons (Fsp3) is 0.688. The van der Waals surface area contributed by atoms with Gasteiger partial charge in [-0.2, -0.15) is 0 Å². The van der Waals surface area contributed by atoms with E-state index in [-0.39, 0.29) is 6.09 Å². The quantitative estimate of drug-likeness (QED) is 0.840. The molecule has 1 aliphatic heterocycles. The molecule has 1 aliphatic rings. The second-order valence-corrected chi connectivity index (χ2v) is 7.08. The summed E-state index contributed by atoms with van der Waals surface area (Å²) in [6.07, 6.45) is 4.74. The summed E-state index contributed by atoms with van der Waals surface area (Å²) in [6, 6.07) is 0. The zero-order chi connectivity index (χ0) is 16.9. The molecule has 0 aromatic carbocycles. The molecule has 0 aliphatic carbocycles. The first-order chi connectivity index (χ1) is 10.8. The molecule has 0 spiro atoms. The molecule has 1 aromatic rings. The van der Waals surface area contributed by atoms with Crippen LogP contribution in [0.25, 0.3) is 0 Å². The Labute approximate surface area is 142 Å². The van der Waals surface area contributed by atoms with E-state index in [4.69, 9.17) is 21.1 Å². The smallest absolute Gasteiger partial charge is 0.410 e. The van der Waals surface area contributed by atoms with Crippen molar-refractivity contribution in [1.29, 1.82) is 0 Å². The zero-order valence-corrected chi connectivity index (χ0v) is 14.7. The Morgan fingerprint density at radius 3 is 2.57 bits per heavy atom. The molecule has 0 N–H and O–H groups in total. The third kappa shape index (κ3) is 5.95. The molecule has 23 heavy (non-hydrogen) atoms. The number of carbonyl (C=O) groups excluding carboxylic acids is 1. The summed E-state index contributed by atoms with van der Waals surface area (Å²) in [6.45, 7) is 8.03. The lowest BCUT2D eigenvalue weighted by atomic mass is 9.98. The summed E-state index contributed by atoms with van der Waals surface area (Å²) in [5.74, 6) is 0.434. The average Bonchev–Trinajstić information content (AvgIpc) is 2.48. The number of ether oxygens (including phenoxy) is 2. The van der Waals surface area contributed by atoms with Crippen molar-refractivity contribution >= 4 is 17.7 Å². The molecule has 128 valence electrons. The number of carbonyl (C=O) groups is 1. The molecular weight excluding hydrogens is 318 g/mol. The van der Waals surface area contributed by atoms with E-state index in [0.29, 0.717) is 43.1 Å². The third-order valence-corrected chi connectivity index (χ3v) is 3.90. The minimum Gasteiger partial charge on any atom is -0.444 e. The minimum absolute atomic E-state index is 0.233. The molecule has 1 amide bonds. The third-order valence-electron chi connectivity index (χ3n) is 3.58. The maximum absolute atomic E-state index is 12.0. The lowest BCUT2D eigenvalue weighted by molar-refractivity contribution is 0.0103.